The number of nitrogens with zero attached hydrogens (tertiary/aromatic N) is 4. The molecule has 0 bridgehead atoms. The van der Waals surface area contributed by atoms with Crippen LogP contribution in [0.15, 0.2) is 47.8 Å². The van der Waals surface area contributed by atoms with Gasteiger partial charge < -0.3 is 14.8 Å². The van der Waals surface area contributed by atoms with Crippen molar-refractivity contribution in [3.05, 3.63) is 48.2 Å². The van der Waals surface area contributed by atoms with Crippen molar-refractivity contribution in [2.24, 2.45) is 0 Å². The summed E-state index contributed by atoms with van der Waals surface area (Å²) in [6, 6.07) is 11.0. The lowest BCUT2D eigenvalue weighted by Crippen LogP contribution is -2.27. The Morgan fingerprint density at radius 2 is 1.97 bits per heavy atom. The number of pyridine rings is 1. The van der Waals surface area contributed by atoms with E-state index in [4.69, 9.17) is 0 Å². The molecule has 3 aromatic rings. The molecule has 0 aliphatic carbocycles. The van der Waals surface area contributed by atoms with Gasteiger partial charge in [-0.15, -0.1) is 0 Å². The number of alkyl halides is 2. The van der Waals surface area contributed by atoms with Crippen LogP contribution in [0.25, 0.3) is 11.0 Å². The quantitative estimate of drug-likeness (QED) is 0.595. The van der Waals surface area contributed by atoms with Gasteiger partial charge in [0.1, 0.15) is 12.4 Å². The van der Waals surface area contributed by atoms with Crippen LogP contribution in [-0.4, -0.2) is 39.3 Å². The number of anilines is 1. The van der Waals surface area contributed by atoms with Crippen LogP contribution in [0.3, 0.4) is 0 Å². The minimum atomic E-state index is -2.60. The molecule has 4 rings (SSSR count). The number of para-hydroxylation sites is 2. The molecule has 1 aliphatic rings. The monoisotopic (exact) mass is 417 g/mol. The molecule has 9 heteroatoms. The Bertz CT molecular complexity index is 986. The zero-order valence-corrected chi connectivity index (χ0v) is 16.5. The predicted molar refractivity (Wildman–Crippen MR) is 109 cm³/mol. The SMILES string of the molecule is O=C(Cn1c(SC(F)F)nc2ccccc21)NCc1ccc(N2CCCC2)nc1. The first-order valence-corrected chi connectivity index (χ1v) is 10.3. The maximum atomic E-state index is 12.9. The lowest BCUT2D eigenvalue weighted by Gasteiger charge is -2.16. The first-order chi connectivity index (χ1) is 14.1. The molecule has 3 heterocycles. The van der Waals surface area contributed by atoms with E-state index in [1.165, 1.54) is 17.4 Å². The number of amides is 1. The molecule has 1 aliphatic heterocycles. The first kappa shape index (κ1) is 19.6. The van der Waals surface area contributed by atoms with Crippen molar-refractivity contribution in [2.45, 2.75) is 36.8 Å². The van der Waals surface area contributed by atoms with Gasteiger partial charge in [0.25, 0.3) is 5.76 Å². The summed E-state index contributed by atoms with van der Waals surface area (Å²) < 4.78 is 27.3. The van der Waals surface area contributed by atoms with Gasteiger partial charge in [0.05, 0.1) is 11.0 Å². The van der Waals surface area contributed by atoms with Gasteiger partial charge in [-0.2, -0.15) is 8.78 Å². The van der Waals surface area contributed by atoms with Crippen molar-refractivity contribution in [1.29, 1.82) is 0 Å². The molecule has 1 amide bonds. The average molecular weight is 417 g/mol. The molecule has 0 spiro atoms. The highest BCUT2D eigenvalue weighted by molar-refractivity contribution is 7.99. The number of imidazole rings is 1. The van der Waals surface area contributed by atoms with E-state index in [2.05, 4.69) is 20.2 Å². The molecule has 1 N–H and O–H groups in total. The number of thioether (sulfide) groups is 1. The third-order valence-corrected chi connectivity index (χ3v) is 5.55. The molecule has 2 aromatic heterocycles. The van der Waals surface area contributed by atoms with E-state index in [9.17, 15) is 13.6 Å². The minimum absolute atomic E-state index is 0.0745. The Balaban J connectivity index is 1.40. The van der Waals surface area contributed by atoms with Crippen LogP contribution in [0, 0.1) is 0 Å². The fraction of sp³-hybridized carbons (Fsp3) is 0.350. The van der Waals surface area contributed by atoms with Gasteiger partial charge in [-0.25, -0.2) is 9.97 Å². The molecular formula is C20H21F2N5OS. The van der Waals surface area contributed by atoms with Crippen LogP contribution in [0.4, 0.5) is 14.6 Å². The van der Waals surface area contributed by atoms with Crippen LogP contribution < -0.4 is 10.2 Å². The fourth-order valence-corrected chi connectivity index (χ4v) is 4.03. The molecule has 0 unspecified atom stereocenters. The second kappa shape index (κ2) is 8.77. The van der Waals surface area contributed by atoms with Crippen molar-refractivity contribution in [2.75, 3.05) is 18.0 Å². The van der Waals surface area contributed by atoms with Gasteiger partial charge in [-0.3, -0.25) is 4.79 Å². The summed E-state index contributed by atoms with van der Waals surface area (Å²) in [4.78, 5) is 23.4. The van der Waals surface area contributed by atoms with E-state index < -0.39 is 5.76 Å². The third kappa shape index (κ3) is 4.67. The average Bonchev–Trinajstić information content (AvgIpc) is 3.36. The number of benzene rings is 1. The fourth-order valence-electron chi connectivity index (χ4n) is 3.43. The number of rotatable bonds is 7. The lowest BCUT2D eigenvalue weighted by atomic mass is 10.2. The van der Waals surface area contributed by atoms with Gasteiger partial charge in [0, 0.05) is 25.8 Å². The number of halogens is 2. The maximum Gasteiger partial charge on any atom is 0.291 e. The Hall–Kier alpha value is -2.68. The molecule has 1 fully saturated rings. The van der Waals surface area contributed by atoms with Crippen molar-refractivity contribution >= 4 is 34.5 Å². The molecule has 29 heavy (non-hydrogen) atoms. The summed E-state index contributed by atoms with van der Waals surface area (Å²) in [5.41, 5.74) is 2.13. The van der Waals surface area contributed by atoms with Crippen molar-refractivity contribution in [3.8, 4) is 0 Å². The number of hydrogen-bond donors (Lipinski definition) is 1. The summed E-state index contributed by atoms with van der Waals surface area (Å²) in [5.74, 6) is -1.92. The molecule has 0 saturated carbocycles. The highest BCUT2D eigenvalue weighted by Gasteiger charge is 2.18. The van der Waals surface area contributed by atoms with Crippen LogP contribution in [0.2, 0.25) is 0 Å². The number of hydrogen-bond acceptors (Lipinski definition) is 5. The van der Waals surface area contributed by atoms with Gasteiger partial charge in [0.15, 0.2) is 5.16 Å². The van der Waals surface area contributed by atoms with Crippen LogP contribution in [-0.2, 0) is 17.9 Å². The standard InChI is InChI=1S/C20H21F2N5OS/c21-19(22)29-20-25-15-5-1-2-6-16(15)27(20)13-18(28)24-12-14-7-8-17(23-11-14)26-9-3-4-10-26/h1-2,5-8,11,19H,3-4,9-10,12-13H2,(H,24,28). The van der Waals surface area contributed by atoms with Crippen molar-refractivity contribution in [3.63, 3.8) is 0 Å². The Labute approximate surface area is 171 Å². The maximum absolute atomic E-state index is 12.9. The van der Waals surface area contributed by atoms with Crippen molar-refractivity contribution < 1.29 is 13.6 Å². The Morgan fingerprint density at radius 1 is 1.17 bits per heavy atom. The summed E-state index contributed by atoms with van der Waals surface area (Å²) in [6.07, 6.45) is 4.14. The van der Waals surface area contributed by atoms with E-state index in [0.29, 0.717) is 29.3 Å². The highest BCUT2D eigenvalue weighted by atomic mass is 32.2. The third-order valence-electron chi connectivity index (χ3n) is 4.84. The predicted octanol–water partition coefficient (Wildman–Crippen LogP) is 3.66. The molecule has 0 atom stereocenters. The zero-order chi connectivity index (χ0) is 20.2. The minimum Gasteiger partial charge on any atom is -0.357 e. The van der Waals surface area contributed by atoms with Gasteiger partial charge in [-0.05, 0) is 48.4 Å². The number of carbonyl (C=O) groups excluding carboxylic acids is 1. The van der Waals surface area contributed by atoms with Crippen LogP contribution in [0.1, 0.15) is 18.4 Å². The lowest BCUT2D eigenvalue weighted by molar-refractivity contribution is -0.121. The van der Waals surface area contributed by atoms with E-state index >= 15 is 0 Å². The summed E-state index contributed by atoms with van der Waals surface area (Å²) in [6.45, 7) is 2.31. The van der Waals surface area contributed by atoms with E-state index in [0.717, 1.165) is 24.5 Å². The second-order valence-electron chi connectivity index (χ2n) is 6.84. The molecule has 0 radical (unpaired) electrons. The van der Waals surface area contributed by atoms with Gasteiger partial charge in [-0.1, -0.05) is 18.2 Å². The van der Waals surface area contributed by atoms with Crippen molar-refractivity contribution in [1.82, 2.24) is 19.9 Å². The largest absolute Gasteiger partial charge is 0.357 e. The summed E-state index contributed by atoms with van der Waals surface area (Å²) in [5, 5.41) is 2.97. The van der Waals surface area contributed by atoms with Gasteiger partial charge >= 0.3 is 0 Å². The highest BCUT2D eigenvalue weighted by Crippen LogP contribution is 2.28. The number of fused-ring (bicyclic) bond motifs is 1. The normalized spacial score (nSPS) is 14.1. The zero-order valence-electron chi connectivity index (χ0n) is 15.7. The van der Waals surface area contributed by atoms with E-state index in [-0.39, 0.29) is 17.6 Å². The van der Waals surface area contributed by atoms with E-state index in [1.54, 1.807) is 30.5 Å². The number of carbonyl (C=O) groups is 1. The molecular weight excluding hydrogens is 396 g/mol. The molecule has 1 saturated heterocycles. The van der Waals surface area contributed by atoms with E-state index in [1.807, 2.05) is 12.1 Å². The number of aromatic nitrogens is 3. The first-order valence-electron chi connectivity index (χ1n) is 9.47. The molecule has 152 valence electrons. The molecule has 6 nitrogen and oxygen atoms in total. The van der Waals surface area contributed by atoms with Gasteiger partial charge in [0.2, 0.25) is 5.91 Å². The molecule has 1 aromatic carbocycles. The van der Waals surface area contributed by atoms with Crippen LogP contribution in [0.5, 0.6) is 0 Å². The summed E-state index contributed by atoms with van der Waals surface area (Å²) >= 11 is 0.345. The number of nitrogens with one attached hydrogen (secondary N) is 1. The Kier molecular flexibility index (Phi) is 5.94. The topological polar surface area (TPSA) is 63.1 Å². The summed E-state index contributed by atoms with van der Waals surface area (Å²) in [7, 11) is 0. The Morgan fingerprint density at radius 3 is 2.69 bits per heavy atom. The van der Waals surface area contributed by atoms with Crippen LogP contribution >= 0.6 is 11.8 Å². The smallest absolute Gasteiger partial charge is 0.291 e. The second-order valence-corrected chi connectivity index (χ2v) is 7.80.